The van der Waals surface area contributed by atoms with Crippen molar-refractivity contribution in [3.8, 4) is 0 Å². The molecule has 0 aromatic heterocycles. The van der Waals surface area contributed by atoms with E-state index in [0.717, 1.165) is 0 Å². The number of hydrogen-bond donors (Lipinski definition) is 0. The van der Waals surface area contributed by atoms with Crippen molar-refractivity contribution in [3.63, 3.8) is 0 Å². The number of halogens is 1. The molecule has 0 N–H and O–H groups in total. The molecule has 0 spiro atoms. The van der Waals surface area contributed by atoms with E-state index in [4.69, 9.17) is 0 Å². The van der Waals surface area contributed by atoms with Gasteiger partial charge in [-0.1, -0.05) is 13.3 Å². The largest absolute Gasteiger partial charge is 0.147 e. The molecule has 0 bridgehead atoms. The van der Waals surface area contributed by atoms with E-state index in [1.165, 1.54) is 19.0 Å². The first-order valence-electron chi connectivity index (χ1n) is 3.36. The highest BCUT2D eigenvalue weighted by molar-refractivity contribution is 7.73. The van der Waals surface area contributed by atoms with Crippen LogP contribution in [0.25, 0.3) is 0 Å². The third-order valence-corrected chi connectivity index (χ3v) is 2.84. The second-order valence-corrected chi connectivity index (χ2v) is 8.40. The van der Waals surface area contributed by atoms with Gasteiger partial charge >= 0.3 is 0 Å². The van der Waals surface area contributed by atoms with Crippen LogP contribution in [0.4, 0.5) is 0 Å². The molecular formula is C7H19ClP+. The normalized spacial score (nSPS) is 10.7. The summed E-state index contributed by atoms with van der Waals surface area (Å²) < 4.78 is 0. The Morgan fingerprint density at radius 1 is 1.11 bits per heavy atom. The molecule has 0 aromatic carbocycles. The van der Waals surface area contributed by atoms with Gasteiger partial charge in [0.15, 0.2) is 0 Å². The summed E-state index contributed by atoms with van der Waals surface area (Å²) in [7, 11) is -0.432. The van der Waals surface area contributed by atoms with Gasteiger partial charge in [-0.05, 0) is 6.42 Å². The maximum absolute atomic E-state index is 2.41. The van der Waals surface area contributed by atoms with Gasteiger partial charge in [0.2, 0.25) is 0 Å². The van der Waals surface area contributed by atoms with Crippen molar-refractivity contribution in [2.75, 3.05) is 26.2 Å². The molecule has 9 heavy (non-hydrogen) atoms. The van der Waals surface area contributed by atoms with Crippen LogP contribution < -0.4 is 0 Å². The molecule has 0 aliphatic rings. The topological polar surface area (TPSA) is 0 Å². The predicted molar refractivity (Wildman–Crippen MR) is 51.7 cm³/mol. The van der Waals surface area contributed by atoms with Gasteiger partial charge < -0.3 is 0 Å². The molecule has 0 saturated heterocycles. The van der Waals surface area contributed by atoms with Crippen molar-refractivity contribution in [1.82, 2.24) is 0 Å². The summed E-state index contributed by atoms with van der Waals surface area (Å²) in [5.41, 5.74) is 0. The molecule has 0 atom stereocenters. The second kappa shape index (κ2) is 5.50. The predicted octanol–water partition coefficient (Wildman–Crippen LogP) is 3.12. The minimum absolute atomic E-state index is 0. The van der Waals surface area contributed by atoms with Crippen LogP contribution in [0.15, 0.2) is 0 Å². The lowest BCUT2D eigenvalue weighted by Crippen LogP contribution is -1.90. The standard InChI is InChI=1S/C7H18P.ClH/c1-5-6-7-8(2,3)4;/h5-7H2,1-4H3;1H/q+1;. The van der Waals surface area contributed by atoms with Gasteiger partial charge in [0.25, 0.3) is 0 Å². The van der Waals surface area contributed by atoms with Gasteiger partial charge in [0.1, 0.15) is 0 Å². The monoisotopic (exact) mass is 169 g/mol. The van der Waals surface area contributed by atoms with Crippen molar-refractivity contribution in [2.24, 2.45) is 0 Å². The van der Waals surface area contributed by atoms with Gasteiger partial charge in [0.05, 0.1) is 6.16 Å². The smallest absolute Gasteiger partial charge is 0.0586 e. The molecule has 0 unspecified atom stereocenters. The Morgan fingerprint density at radius 2 is 1.56 bits per heavy atom. The first kappa shape index (κ1) is 12.4. The molecule has 0 nitrogen and oxygen atoms in total. The molecule has 0 amide bonds. The van der Waals surface area contributed by atoms with Gasteiger partial charge in [-0.3, -0.25) is 0 Å². The minimum atomic E-state index is -0.432. The first-order chi connectivity index (χ1) is 3.56. The fraction of sp³-hybridized carbons (Fsp3) is 1.00. The average molecular weight is 170 g/mol. The molecule has 2 heteroatoms. The van der Waals surface area contributed by atoms with Crippen LogP contribution in [-0.4, -0.2) is 26.2 Å². The molecule has 58 valence electrons. The fourth-order valence-electron chi connectivity index (χ4n) is 0.632. The Morgan fingerprint density at radius 3 is 1.67 bits per heavy atom. The van der Waals surface area contributed by atoms with Crippen LogP contribution in [0.2, 0.25) is 0 Å². The van der Waals surface area contributed by atoms with Crippen LogP contribution in [-0.2, 0) is 0 Å². The lowest BCUT2D eigenvalue weighted by Gasteiger charge is -2.09. The third kappa shape index (κ3) is 12.0. The van der Waals surface area contributed by atoms with Crippen LogP contribution in [0.5, 0.6) is 0 Å². The van der Waals surface area contributed by atoms with E-state index >= 15 is 0 Å². The number of hydrogen-bond acceptors (Lipinski definition) is 0. The average Bonchev–Trinajstić information content (AvgIpc) is 1.59. The molecule has 0 aromatic rings. The zero-order valence-corrected chi connectivity index (χ0v) is 8.69. The molecule has 0 saturated carbocycles. The Bertz CT molecular complexity index is 56.4. The van der Waals surface area contributed by atoms with Gasteiger partial charge in [-0.15, -0.1) is 12.4 Å². The van der Waals surface area contributed by atoms with Crippen molar-refractivity contribution in [2.45, 2.75) is 19.8 Å². The fourth-order valence-corrected chi connectivity index (χ4v) is 1.90. The van der Waals surface area contributed by atoms with Crippen LogP contribution in [0.3, 0.4) is 0 Å². The molecule has 0 aliphatic heterocycles. The van der Waals surface area contributed by atoms with E-state index in [-0.39, 0.29) is 12.4 Å². The third-order valence-electron chi connectivity index (χ3n) is 1.18. The molecule has 0 radical (unpaired) electrons. The molecule has 0 fully saturated rings. The Balaban J connectivity index is 0. The molecule has 0 rings (SSSR count). The van der Waals surface area contributed by atoms with Gasteiger partial charge in [0, 0.05) is 27.3 Å². The summed E-state index contributed by atoms with van der Waals surface area (Å²) in [5, 5.41) is 0. The van der Waals surface area contributed by atoms with Crippen molar-refractivity contribution < 1.29 is 0 Å². The Kier molecular flexibility index (Phi) is 7.58. The molecule has 0 aliphatic carbocycles. The summed E-state index contributed by atoms with van der Waals surface area (Å²) in [6.07, 6.45) is 4.26. The van der Waals surface area contributed by atoms with Crippen molar-refractivity contribution in [1.29, 1.82) is 0 Å². The van der Waals surface area contributed by atoms with Gasteiger partial charge in [-0.2, -0.15) is 0 Å². The Hall–Kier alpha value is 0.720. The van der Waals surface area contributed by atoms with E-state index in [9.17, 15) is 0 Å². The summed E-state index contributed by atoms with van der Waals surface area (Å²) >= 11 is 0. The molecule has 0 heterocycles. The van der Waals surface area contributed by atoms with Crippen molar-refractivity contribution >= 4 is 19.7 Å². The maximum atomic E-state index is 2.41. The highest BCUT2D eigenvalue weighted by atomic mass is 35.5. The second-order valence-electron chi connectivity index (χ2n) is 3.37. The van der Waals surface area contributed by atoms with E-state index in [1.54, 1.807) is 0 Å². The lowest BCUT2D eigenvalue weighted by molar-refractivity contribution is 0.889. The zero-order chi connectivity index (χ0) is 6.62. The van der Waals surface area contributed by atoms with Crippen LogP contribution in [0.1, 0.15) is 19.8 Å². The molecular weight excluding hydrogens is 151 g/mol. The zero-order valence-electron chi connectivity index (χ0n) is 6.98. The minimum Gasteiger partial charge on any atom is -0.147 e. The first-order valence-corrected chi connectivity index (χ1v) is 6.68. The summed E-state index contributed by atoms with van der Waals surface area (Å²) in [4.78, 5) is 0. The number of rotatable bonds is 3. The Labute approximate surface area is 66.2 Å². The highest BCUT2D eigenvalue weighted by Gasteiger charge is 2.14. The van der Waals surface area contributed by atoms with E-state index in [2.05, 4.69) is 26.9 Å². The lowest BCUT2D eigenvalue weighted by atomic mass is 10.4. The summed E-state index contributed by atoms with van der Waals surface area (Å²) in [5.74, 6) is 0. The maximum Gasteiger partial charge on any atom is 0.0586 e. The van der Waals surface area contributed by atoms with Gasteiger partial charge in [-0.25, -0.2) is 0 Å². The van der Waals surface area contributed by atoms with Crippen LogP contribution >= 0.6 is 19.7 Å². The summed E-state index contributed by atoms with van der Waals surface area (Å²) in [6.45, 7) is 9.48. The van der Waals surface area contributed by atoms with Crippen molar-refractivity contribution in [3.05, 3.63) is 0 Å². The van der Waals surface area contributed by atoms with E-state index < -0.39 is 7.26 Å². The van der Waals surface area contributed by atoms with E-state index in [1.807, 2.05) is 0 Å². The quantitative estimate of drug-likeness (QED) is 0.570. The van der Waals surface area contributed by atoms with Crippen LogP contribution in [0, 0.1) is 0 Å². The summed E-state index contributed by atoms with van der Waals surface area (Å²) in [6, 6.07) is 0. The highest BCUT2D eigenvalue weighted by Crippen LogP contribution is 2.46. The van der Waals surface area contributed by atoms with E-state index in [0.29, 0.717) is 0 Å². The number of unbranched alkanes of at least 4 members (excludes halogenated alkanes) is 1. The SMILES string of the molecule is CCCC[P+](C)(C)C.Cl.